The Hall–Kier alpha value is -2.73. The van der Waals surface area contributed by atoms with Gasteiger partial charge in [-0.3, -0.25) is 0 Å². The third-order valence-electron chi connectivity index (χ3n) is 3.81. The molecule has 1 aliphatic rings. The fourth-order valence-corrected chi connectivity index (χ4v) is 2.61. The lowest BCUT2D eigenvalue weighted by Gasteiger charge is -2.15. The first-order valence-corrected chi connectivity index (χ1v) is 7.60. The first-order chi connectivity index (χ1) is 11.2. The van der Waals surface area contributed by atoms with Gasteiger partial charge in [-0.15, -0.1) is 0 Å². The van der Waals surface area contributed by atoms with Gasteiger partial charge in [-0.2, -0.15) is 10.2 Å². The van der Waals surface area contributed by atoms with Crippen molar-refractivity contribution in [3.05, 3.63) is 47.8 Å². The highest BCUT2D eigenvalue weighted by Gasteiger charge is 2.12. The first-order valence-electron chi connectivity index (χ1n) is 7.60. The van der Waals surface area contributed by atoms with E-state index in [9.17, 15) is 0 Å². The highest BCUT2D eigenvalue weighted by atomic mass is 15.7. The van der Waals surface area contributed by atoms with Gasteiger partial charge in [-0.05, 0) is 38.3 Å². The lowest BCUT2D eigenvalue weighted by atomic mass is 10.1. The SMILES string of the molecule is C=NN(N)c1nc(C)c2cccc(NC3=CC=CCCC3)c2n1. The minimum absolute atomic E-state index is 0.328. The molecule has 0 aliphatic heterocycles. The van der Waals surface area contributed by atoms with Gasteiger partial charge in [0.05, 0.1) is 16.9 Å². The number of allylic oxidation sites excluding steroid dienone is 4. The van der Waals surface area contributed by atoms with E-state index < -0.39 is 0 Å². The molecule has 6 nitrogen and oxygen atoms in total. The molecule has 2 aromatic rings. The topological polar surface area (TPSA) is 79.4 Å². The summed E-state index contributed by atoms with van der Waals surface area (Å²) in [6, 6.07) is 6.01. The Kier molecular flexibility index (Phi) is 4.34. The zero-order valence-electron chi connectivity index (χ0n) is 13.2. The Morgan fingerprint density at radius 2 is 2.22 bits per heavy atom. The van der Waals surface area contributed by atoms with Gasteiger partial charge >= 0.3 is 0 Å². The van der Waals surface area contributed by atoms with Crippen LogP contribution in [0.25, 0.3) is 10.9 Å². The van der Waals surface area contributed by atoms with Crippen LogP contribution in [-0.4, -0.2) is 16.7 Å². The van der Waals surface area contributed by atoms with E-state index in [0.717, 1.165) is 46.7 Å². The number of hydrazone groups is 1. The van der Waals surface area contributed by atoms with Crippen LogP contribution >= 0.6 is 0 Å². The Labute approximate surface area is 135 Å². The molecule has 0 unspecified atom stereocenters. The summed E-state index contributed by atoms with van der Waals surface area (Å²) in [4.78, 5) is 8.92. The molecular weight excluding hydrogens is 288 g/mol. The van der Waals surface area contributed by atoms with Crippen molar-refractivity contribution in [3.8, 4) is 0 Å². The standard InChI is InChI=1S/C17H20N6/c1-12-14-10-7-11-15(21-13-8-5-3-4-6-9-13)16(14)22-17(20-12)23(18)19-2/h3,5,7-8,10-11,21H,2,4,6,9,18H2,1H3. The molecule has 0 saturated heterocycles. The average Bonchev–Trinajstić information content (AvgIpc) is 2.83. The van der Waals surface area contributed by atoms with Crippen molar-refractivity contribution < 1.29 is 0 Å². The van der Waals surface area contributed by atoms with Crippen molar-refractivity contribution in [1.29, 1.82) is 0 Å². The van der Waals surface area contributed by atoms with Crippen LogP contribution < -0.4 is 16.3 Å². The van der Waals surface area contributed by atoms with Crippen LogP contribution in [0.5, 0.6) is 0 Å². The Morgan fingerprint density at radius 3 is 3.04 bits per heavy atom. The molecule has 6 heteroatoms. The van der Waals surface area contributed by atoms with Crippen molar-refractivity contribution in [3.63, 3.8) is 0 Å². The molecule has 118 valence electrons. The number of hydrogen-bond donors (Lipinski definition) is 2. The number of anilines is 2. The molecule has 23 heavy (non-hydrogen) atoms. The fraction of sp³-hybridized carbons (Fsp3) is 0.235. The molecule has 0 saturated carbocycles. The monoisotopic (exact) mass is 308 g/mol. The molecule has 0 atom stereocenters. The second-order valence-electron chi connectivity index (χ2n) is 5.43. The number of fused-ring (bicyclic) bond motifs is 1. The minimum atomic E-state index is 0.328. The van der Waals surface area contributed by atoms with Crippen LogP contribution in [-0.2, 0) is 0 Å². The van der Waals surface area contributed by atoms with E-state index in [1.54, 1.807) is 0 Å². The third-order valence-corrected chi connectivity index (χ3v) is 3.81. The number of hydrazine groups is 1. The van der Waals surface area contributed by atoms with E-state index in [2.05, 4.69) is 45.3 Å². The molecule has 0 bridgehead atoms. The minimum Gasteiger partial charge on any atom is -0.357 e. The number of hydrogen-bond acceptors (Lipinski definition) is 6. The molecule has 0 spiro atoms. The number of nitrogens with one attached hydrogen (secondary N) is 1. The van der Waals surface area contributed by atoms with E-state index in [1.807, 2.05) is 25.1 Å². The summed E-state index contributed by atoms with van der Waals surface area (Å²) in [6.45, 7) is 5.34. The van der Waals surface area contributed by atoms with Crippen LogP contribution in [0.1, 0.15) is 25.0 Å². The fourth-order valence-electron chi connectivity index (χ4n) is 2.61. The smallest absolute Gasteiger partial charge is 0.262 e. The van der Waals surface area contributed by atoms with Gasteiger partial charge in [0.25, 0.3) is 5.95 Å². The van der Waals surface area contributed by atoms with Crippen LogP contribution in [0.4, 0.5) is 11.6 Å². The highest BCUT2D eigenvalue weighted by Crippen LogP contribution is 2.27. The van der Waals surface area contributed by atoms with Crippen LogP contribution in [0.15, 0.2) is 47.2 Å². The zero-order chi connectivity index (χ0) is 16.2. The summed E-state index contributed by atoms with van der Waals surface area (Å²) >= 11 is 0. The Bertz CT molecular complexity index is 793. The van der Waals surface area contributed by atoms with Crippen molar-refractivity contribution in [1.82, 2.24) is 9.97 Å². The number of aromatic nitrogens is 2. The van der Waals surface area contributed by atoms with Gasteiger partial charge < -0.3 is 5.32 Å². The summed E-state index contributed by atoms with van der Waals surface area (Å²) in [5.41, 5.74) is 3.79. The average molecular weight is 308 g/mol. The summed E-state index contributed by atoms with van der Waals surface area (Å²) in [6.07, 6.45) is 9.64. The Balaban J connectivity index is 2.05. The van der Waals surface area contributed by atoms with Gasteiger partial charge in [-0.1, -0.05) is 24.3 Å². The molecule has 0 amide bonds. The predicted molar refractivity (Wildman–Crippen MR) is 95.2 cm³/mol. The number of rotatable bonds is 4. The van der Waals surface area contributed by atoms with Gasteiger partial charge in [0.15, 0.2) is 0 Å². The van der Waals surface area contributed by atoms with E-state index >= 15 is 0 Å². The second kappa shape index (κ2) is 6.58. The number of benzene rings is 1. The lowest BCUT2D eigenvalue weighted by molar-refractivity contribution is 0.844. The van der Waals surface area contributed by atoms with E-state index in [-0.39, 0.29) is 0 Å². The van der Waals surface area contributed by atoms with Crippen molar-refractivity contribution >= 4 is 29.3 Å². The highest BCUT2D eigenvalue weighted by molar-refractivity contribution is 5.93. The number of aryl methyl sites for hydroxylation is 1. The van der Waals surface area contributed by atoms with E-state index in [4.69, 9.17) is 5.84 Å². The quantitative estimate of drug-likeness (QED) is 0.515. The van der Waals surface area contributed by atoms with Crippen molar-refractivity contribution in [2.24, 2.45) is 10.9 Å². The normalized spacial score (nSPS) is 14.3. The van der Waals surface area contributed by atoms with Crippen LogP contribution in [0, 0.1) is 6.92 Å². The predicted octanol–water partition coefficient (Wildman–Crippen LogP) is 3.27. The van der Waals surface area contributed by atoms with Gasteiger partial charge in [0, 0.05) is 17.8 Å². The van der Waals surface area contributed by atoms with Crippen molar-refractivity contribution in [2.45, 2.75) is 26.2 Å². The maximum absolute atomic E-state index is 5.75. The number of para-hydroxylation sites is 1. The largest absolute Gasteiger partial charge is 0.357 e. The molecule has 1 heterocycles. The lowest BCUT2D eigenvalue weighted by Crippen LogP contribution is -2.26. The maximum atomic E-state index is 5.75. The summed E-state index contributed by atoms with van der Waals surface area (Å²) in [5, 5.41) is 9.22. The number of nitrogens with two attached hydrogens (primary N) is 1. The molecule has 0 fully saturated rings. The molecule has 1 aromatic heterocycles. The third kappa shape index (κ3) is 3.22. The second-order valence-corrected chi connectivity index (χ2v) is 5.43. The van der Waals surface area contributed by atoms with Gasteiger partial charge in [0.2, 0.25) is 0 Å². The molecule has 1 aromatic carbocycles. The molecule has 3 N–H and O–H groups in total. The molecular formula is C17H20N6. The summed E-state index contributed by atoms with van der Waals surface area (Å²) < 4.78 is 0. The molecule has 0 radical (unpaired) electrons. The van der Waals surface area contributed by atoms with Gasteiger partial charge in [0.1, 0.15) is 0 Å². The van der Waals surface area contributed by atoms with Crippen molar-refractivity contribution in [2.75, 3.05) is 10.4 Å². The summed E-state index contributed by atoms with van der Waals surface area (Å²) in [7, 11) is 0. The zero-order valence-corrected chi connectivity index (χ0v) is 13.2. The Morgan fingerprint density at radius 1 is 1.35 bits per heavy atom. The van der Waals surface area contributed by atoms with Gasteiger partial charge in [-0.25, -0.2) is 15.8 Å². The summed E-state index contributed by atoms with van der Waals surface area (Å²) in [5.74, 6) is 6.08. The van der Waals surface area contributed by atoms with Crippen LogP contribution in [0.3, 0.4) is 0 Å². The first kappa shape index (κ1) is 15.2. The van der Waals surface area contributed by atoms with E-state index in [0.29, 0.717) is 5.95 Å². The van der Waals surface area contributed by atoms with Crippen LogP contribution in [0.2, 0.25) is 0 Å². The molecule has 1 aliphatic carbocycles. The maximum Gasteiger partial charge on any atom is 0.262 e. The number of nitrogens with zero attached hydrogens (tertiary/aromatic N) is 4. The van der Waals surface area contributed by atoms with E-state index in [1.165, 1.54) is 5.70 Å². The molecule has 3 rings (SSSR count).